The number of benzene rings is 2. The van der Waals surface area contributed by atoms with E-state index in [1.807, 2.05) is 43.3 Å². The van der Waals surface area contributed by atoms with Crippen molar-refractivity contribution in [3.8, 4) is 5.69 Å². The Morgan fingerprint density at radius 3 is 2.32 bits per heavy atom. The van der Waals surface area contributed by atoms with Crippen molar-refractivity contribution in [3.05, 3.63) is 83.9 Å². The highest BCUT2D eigenvalue weighted by atomic mass is 19.1. The van der Waals surface area contributed by atoms with Crippen molar-refractivity contribution in [2.75, 3.05) is 23.9 Å². The highest BCUT2D eigenvalue weighted by Crippen LogP contribution is 2.25. The Bertz CT molecular complexity index is 1210. The Morgan fingerprint density at radius 2 is 1.65 bits per heavy atom. The van der Waals surface area contributed by atoms with Crippen LogP contribution in [0.4, 0.5) is 20.6 Å². The van der Waals surface area contributed by atoms with E-state index in [-0.39, 0.29) is 11.3 Å². The SMILES string of the molecule is CN(C)c1ccc(-n2cccc2/C=C2/C(=O)NC(=O)N(c3ccccc3F)C2=O)cc1. The number of para-hydroxylation sites is 1. The predicted octanol–water partition coefficient (Wildman–Crippen LogP) is 3.35. The molecule has 2 aromatic carbocycles. The first-order chi connectivity index (χ1) is 14.9. The highest BCUT2D eigenvalue weighted by Gasteiger charge is 2.38. The van der Waals surface area contributed by atoms with Gasteiger partial charge in [0.05, 0.1) is 5.69 Å². The van der Waals surface area contributed by atoms with Crippen molar-refractivity contribution in [2.24, 2.45) is 0 Å². The van der Waals surface area contributed by atoms with Gasteiger partial charge in [-0.15, -0.1) is 0 Å². The number of imide groups is 2. The molecule has 1 saturated heterocycles. The molecule has 0 saturated carbocycles. The van der Waals surface area contributed by atoms with Crippen LogP contribution in [-0.4, -0.2) is 36.5 Å². The lowest BCUT2D eigenvalue weighted by Gasteiger charge is -2.26. The van der Waals surface area contributed by atoms with Crippen LogP contribution in [0, 0.1) is 5.82 Å². The molecule has 0 radical (unpaired) electrons. The third kappa shape index (κ3) is 3.71. The smallest absolute Gasteiger partial charge is 0.336 e. The van der Waals surface area contributed by atoms with Gasteiger partial charge in [0.2, 0.25) is 0 Å². The quantitative estimate of drug-likeness (QED) is 0.521. The van der Waals surface area contributed by atoms with E-state index in [0.29, 0.717) is 10.6 Å². The van der Waals surface area contributed by atoms with Crippen LogP contribution in [0.2, 0.25) is 0 Å². The van der Waals surface area contributed by atoms with E-state index < -0.39 is 23.7 Å². The minimum Gasteiger partial charge on any atom is -0.378 e. The van der Waals surface area contributed by atoms with Crippen LogP contribution in [0.1, 0.15) is 5.69 Å². The molecule has 2 heterocycles. The molecule has 1 aliphatic rings. The lowest BCUT2D eigenvalue weighted by atomic mass is 10.1. The van der Waals surface area contributed by atoms with E-state index in [9.17, 15) is 18.8 Å². The Hall–Kier alpha value is -4.20. The Kier molecular flexibility index (Phi) is 5.12. The Balaban J connectivity index is 1.73. The van der Waals surface area contributed by atoms with Gasteiger partial charge in [-0.25, -0.2) is 14.1 Å². The molecule has 0 spiro atoms. The number of nitrogens with zero attached hydrogens (tertiary/aromatic N) is 3. The number of rotatable bonds is 4. The van der Waals surface area contributed by atoms with E-state index in [2.05, 4.69) is 5.32 Å². The molecule has 1 N–H and O–H groups in total. The number of hydrogen-bond acceptors (Lipinski definition) is 4. The molecule has 0 unspecified atom stereocenters. The monoisotopic (exact) mass is 418 g/mol. The van der Waals surface area contributed by atoms with Gasteiger partial charge in [0.25, 0.3) is 11.8 Å². The topological polar surface area (TPSA) is 74.7 Å². The summed E-state index contributed by atoms with van der Waals surface area (Å²) in [7, 11) is 3.88. The molecule has 0 bridgehead atoms. The van der Waals surface area contributed by atoms with Crippen LogP contribution < -0.4 is 15.1 Å². The van der Waals surface area contributed by atoms with Gasteiger partial charge in [0.15, 0.2) is 0 Å². The minimum atomic E-state index is -0.994. The summed E-state index contributed by atoms with van der Waals surface area (Å²) in [5, 5.41) is 2.10. The standard InChI is InChI=1S/C23H19FN4O3/c1-26(2)15-9-11-16(12-10-15)27-13-5-6-17(27)14-18-21(29)25-23(31)28(22(18)30)20-8-4-3-7-19(20)24/h3-14H,1-2H3,(H,25,29,31)/b18-14-. The largest absolute Gasteiger partial charge is 0.378 e. The second-order valence-electron chi connectivity index (χ2n) is 7.12. The number of halogens is 1. The van der Waals surface area contributed by atoms with E-state index in [1.165, 1.54) is 24.3 Å². The summed E-state index contributed by atoms with van der Waals surface area (Å²) in [5.41, 5.74) is 1.91. The normalized spacial score (nSPS) is 15.4. The Morgan fingerprint density at radius 1 is 0.935 bits per heavy atom. The van der Waals surface area contributed by atoms with Gasteiger partial charge >= 0.3 is 6.03 Å². The first kappa shape index (κ1) is 20.1. The molecule has 8 heteroatoms. The van der Waals surface area contributed by atoms with E-state index in [0.717, 1.165) is 17.4 Å². The fourth-order valence-corrected chi connectivity index (χ4v) is 3.32. The third-order valence-electron chi connectivity index (χ3n) is 4.91. The van der Waals surface area contributed by atoms with Crippen molar-refractivity contribution < 1.29 is 18.8 Å². The summed E-state index contributed by atoms with van der Waals surface area (Å²) in [6.07, 6.45) is 3.18. The average molecular weight is 418 g/mol. The van der Waals surface area contributed by atoms with E-state index in [1.54, 1.807) is 22.9 Å². The predicted molar refractivity (Wildman–Crippen MR) is 115 cm³/mol. The van der Waals surface area contributed by atoms with E-state index in [4.69, 9.17) is 0 Å². The molecule has 31 heavy (non-hydrogen) atoms. The zero-order chi connectivity index (χ0) is 22.1. The number of anilines is 2. The number of barbiturate groups is 1. The lowest BCUT2D eigenvalue weighted by Crippen LogP contribution is -2.54. The Labute approximate surface area is 178 Å². The van der Waals surface area contributed by atoms with Gasteiger partial charge < -0.3 is 9.47 Å². The maximum absolute atomic E-state index is 14.2. The molecule has 1 aliphatic heterocycles. The highest BCUT2D eigenvalue weighted by molar-refractivity contribution is 6.39. The second kappa shape index (κ2) is 7.91. The first-order valence-electron chi connectivity index (χ1n) is 9.48. The van der Waals surface area contributed by atoms with Crippen LogP contribution in [0.5, 0.6) is 0 Å². The van der Waals surface area contributed by atoms with Crippen molar-refractivity contribution in [2.45, 2.75) is 0 Å². The second-order valence-corrected chi connectivity index (χ2v) is 7.12. The number of hydrogen-bond donors (Lipinski definition) is 1. The number of aromatic nitrogens is 1. The molecule has 4 amide bonds. The molecule has 1 aromatic heterocycles. The summed E-state index contributed by atoms with van der Waals surface area (Å²) in [6, 6.07) is 15.6. The molecule has 156 valence electrons. The van der Waals surface area contributed by atoms with Crippen LogP contribution in [0.15, 0.2) is 72.4 Å². The summed E-state index contributed by atoms with van der Waals surface area (Å²) in [4.78, 5) is 40.3. The van der Waals surface area contributed by atoms with Crippen LogP contribution in [-0.2, 0) is 9.59 Å². The van der Waals surface area contributed by atoms with Gasteiger partial charge in [-0.2, -0.15) is 0 Å². The minimum absolute atomic E-state index is 0.224. The number of nitrogens with one attached hydrogen (secondary N) is 1. The number of carbonyl (C=O) groups excluding carboxylic acids is 3. The maximum Gasteiger partial charge on any atom is 0.336 e. The first-order valence-corrected chi connectivity index (χ1v) is 9.48. The van der Waals surface area contributed by atoms with Gasteiger partial charge in [-0.3, -0.25) is 14.9 Å². The molecule has 3 aromatic rings. The third-order valence-corrected chi connectivity index (χ3v) is 4.91. The molecular weight excluding hydrogens is 399 g/mol. The maximum atomic E-state index is 14.2. The molecule has 4 rings (SSSR count). The van der Waals surface area contributed by atoms with Gasteiger partial charge in [-0.05, 0) is 54.6 Å². The molecule has 0 atom stereocenters. The summed E-state index contributed by atoms with van der Waals surface area (Å²) < 4.78 is 16.0. The van der Waals surface area contributed by atoms with Crippen LogP contribution in [0.25, 0.3) is 11.8 Å². The number of urea groups is 1. The fourth-order valence-electron chi connectivity index (χ4n) is 3.32. The lowest BCUT2D eigenvalue weighted by molar-refractivity contribution is -0.122. The zero-order valence-electron chi connectivity index (χ0n) is 16.9. The number of amides is 4. The average Bonchev–Trinajstić information content (AvgIpc) is 3.20. The van der Waals surface area contributed by atoms with E-state index >= 15 is 0 Å². The van der Waals surface area contributed by atoms with Gasteiger partial charge in [-0.1, -0.05) is 12.1 Å². The molecular formula is C23H19FN4O3. The summed E-state index contributed by atoms with van der Waals surface area (Å²) in [5.74, 6) is -2.48. The fraction of sp³-hybridized carbons (Fsp3) is 0.0870. The molecule has 0 aliphatic carbocycles. The van der Waals surface area contributed by atoms with Crippen molar-refractivity contribution in [1.29, 1.82) is 0 Å². The summed E-state index contributed by atoms with van der Waals surface area (Å²) in [6.45, 7) is 0. The zero-order valence-corrected chi connectivity index (χ0v) is 16.9. The molecule has 1 fully saturated rings. The summed E-state index contributed by atoms with van der Waals surface area (Å²) >= 11 is 0. The number of carbonyl (C=O) groups is 3. The van der Waals surface area contributed by atoms with Crippen molar-refractivity contribution in [3.63, 3.8) is 0 Å². The van der Waals surface area contributed by atoms with Crippen molar-refractivity contribution >= 4 is 35.3 Å². The van der Waals surface area contributed by atoms with Crippen LogP contribution >= 0.6 is 0 Å². The molecule has 7 nitrogen and oxygen atoms in total. The van der Waals surface area contributed by atoms with Gasteiger partial charge in [0.1, 0.15) is 11.4 Å². The van der Waals surface area contributed by atoms with Crippen molar-refractivity contribution in [1.82, 2.24) is 9.88 Å². The van der Waals surface area contributed by atoms with Crippen LogP contribution in [0.3, 0.4) is 0 Å². The van der Waals surface area contributed by atoms with Gasteiger partial charge in [0, 0.05) is 37.4 Å².